The summed E-state index contributed by atoms with van der Waals surface area (Å²) >= 11 is 0. The zero-order valence-corrected chi connectivity index (χ0v) is 11.3. The Hall–Kier alpha value is -0.0800. The van der Waals surface area contributed by atoms with Crippen molar-refractivity contribution in [3.8, 4) is 0 Å². The molecule has 1 saturated carbocycles. The highest BCUT2D eigenvalue weighted by Gasteiger charge is 2.43. The van der Waals surface area contributed by atoms with Gasteiger partial charge in [0.15, 0.2) is 0 Å². The van der Waals surface area contributed by atoms with Crippen LogP contribution in [0.2, 0.25) is 0 Å². The van der Waals surface area contributed by atoms with Gasteiger partial charge in [0.1, 0.15) is 0 Å². The predicted molar refractivity (Wildman–Crippen MR) is 67.5 cm³/mol. The molecule has 0 aromatic rings. The van der Waals surface area contributed by atoms with E-state index in [1.54, 1.807) is 0 Å². The van der Waals surface area contributed by atoms with Crippen molar-refractivity contribution < 1.29 is 4.74 Å². The molecule has 16 heavy (non-hydrogen) atoms. The van der Waals surface area contributed by atoms with Crippen molar-refractivity contribution in [2.24, 2.45) is 11.3 Å². The molecule has 2 fully saturated rings. The molecule has 2 nitrogen and oxygen atoms in total. The van der Waals surface area contributed by atoms with Crippen LogP contribution in [0.25, 0.3) is 0 Å². The fourth-order valence-corrected chi connectivity index (χ4v) is 3.40. The predicted octanol–water partition coefficient (Wildman–Crippen LogP) is 2.97. The van der Waals surface area contributed by atoms with Crippen LogP contribution in [-0.2, 0) is 4.74 Å². The summed E-state index contributed by atoms with van der Waals surface area (Å²) in [5.41, 5.74) is 0.360. The van der Waals surface area contributed by atoms with Crippen LogP contribution in [0, 0.1) is 11.3 Å². The summed E-state index contributed by atoms with van der Waals surface area (Å²) < 4.78 is 6.15. The van der Waals surface area contributed by atoms with Gasteiger partial charge in [0, 0.05) is 12.1 Å². The Balaban J connectivity index is 1.95. The van der Waals surface area contributed by atoms with E-state index in [-0.39, 0.29) is 0 Å². The highest BCUT2D eigenvalue weighted by molar-refractivity contribution is 4.97. The Kier molecular flexibility index (Phi) is 3.60. The first-order valence-electron chi connectivity index (χ1n) is 6.86. The maximum atomic E-state index is 6.15. The van der Waals surface area contributed by atoms with Crippen molar-refractivity contribution in [3.63, 3.8) is 0 Å². The molecule has 2 aliphatic rings. The van der Waals surface area contributed by atoms with E-state index in [1.807, 2.05) is 0 Å². The van der Waals surface area contributed by atoms with Gasteiger partial charge in [0.2, 0.25) is 0 Å². The minimum Gasteiger partial charge on any atom is -0.374 e. The van der Waals surface area contributed by atoms with Crippen LogP contribution in [0.4, 0.5) is 0 Å². The average Bonchev–Trinajstić information content (AvgIpc) is 2.15. The summed E-state index contributed by atoms with van der Waals surface area (Å²) in [5.74, 6) is 0.759. The molecule has 0 bridgehead atoms. The van der Waals surface area contributed by atoms with Crippen molar-refractivity contribution in [2.45, 2.75) is 71.6 Å². The van der Waals surface area contributed by atoms with Gasteiger partial charge in [-0.2, -0.15) is 0 Å². The SMILES string of the molecule is CC(C)CC1COC2C(CCCC2(C)C)N1. The van der Waals surface area contributed by atoms with Crippen LogP contribution in [0.15, 0.2) is 0 Å². The summed E-state index contributed by atoms with van der Waals surface area (Å²) in [6.07, 6.45) is 5.63. The average molecular weight is 225 g/mol. The largest absolute Gasteiger partial charge is 0.374 e. The Morgan fingerprint density at radius 1 is 1.38 bits per heavy atom. The summed E-state index contributed by atoms with van der Waals surface area (Å²) in [7, 11) is 0. The monoisotopic (exact) mass is 225 g/mol. The zero-order chi connectivity index (χ0) is 11.8. The van der Waals surface area contributed by atoms with E-state index in [0.717, 1.165) is 12.5 Å². The molecule has 0 spiro atoms. The smallest absolute Gasteiger partial charge is 0.0779 e. The summed E-state index contributed by atoms with van der Waals surface area (Å²) in [4.78, 5) is 0. The van der Waals surface area contributed by atoms with E-state index in [4.69, 9.17) is 4.74 Å². The van der Waals surface area contributed by atoms with Gasteiger partial charge in [-0.3, -0.25) is 0 Å². The molecule has 3 unspecified atom stereocenters. The molecular formula is C14H27NO. The van der Waals surface area contributed by atoms with Gasteiger partial charge >= 0.3 is 0 Å². The normalized spacial score (nSPS) is 38.4. The van der Waals surface area contributed by atoms with Gasteiger partial charge in [-0.25, -0.2) is 0 Å². The highest BCUT2D eigenvalue weighted by atomic mass is 16.5. The van der Waals surface area contributed by atoms with Gasteiger partial charge < -0.3 is 10.1 Å². The Labute approximate surface area is 100 Å². The molecule has 2 rings (SSSR count). The van der Waals surface area contributed by atoms with E-state index >= 15 is 0 Å². The Morgan fingerprint density at radius 3 is 2.81 bits per heavy atom. The van der Waals surface area contributed by atoms with Gasteiger partial charge in [-0.05, 0) is 30.6 Å². The van der Waals surface area contributed by atoms with Crippen molar-refractivity contribution in [3.05, 3.63) is 0 Å². The number of morpholine rings is 1. The minimum atomic E-state index is 0.360. The van der Waals surface area contributed by atoms with Crippen LogP contribution in [-0.4, -0.2) is 24.8 Å². The topological polar surface area (TPSA) is 21.3 Å². The molecule has 1 saturated heterocycles. The van der Waals surface area contributed by atoms with Crippen LogP contribution in [0.5, 0.6) is 0 Å². The fraction of sp³-hybridized carbons (Fsp3) is 1.00. The lowest BCUT2D eigenvalue weighted by Gasteiger charge is -2.49. The molecule has 0 amide bonds. The number of hydrogen-bond acceptors (Lipinski definition) is 2. The Bertz CT molecular complexity index is 237. The first kappa shape index (κ1) is 12.4. The minimum absolute atomic E-state index is 0.360. The number of ether oxygens (including phenoxy) is 1. The van der Waals surface area contributed by atoms with E-state index in [9.17, 15) is 0 Å². The maximum Gasteiger partial charge on any atom is 0.0779 e. The second kappa shape index (κ2) is 4.66. The van der Waals surface area contributed by atoms with Crippen molar-refractivity contribution in [2.75, 3.05) is 6.61 Å². The first-order valence-corrected chi connectivity index (χ1v) is 6.86. The lowest BCUT2D eigenvalue weighted by Crippen LogP contribution is -2.60. The summed E-state index contributed by atoms with van der Waals surface area (Å²) in [5, 5.41) is 3.82. The van der Waals surface area contributed by atoms with Crippen LogP contribution >= 0.6 is 0 Å². The first-order chi connectivity index (χ1) is 7.49. The molecule has 1 N–H and O–H groups in total. The molecule has 1 aliphatic carbocycles. The second-order valence-corrected chi connectivity index (χ2v) is 6.73. The zero-order valence-electron chi connectivity index (χ0n) is 11.3. The second-order valence-electron chi connectivity index (χ2n) is 6.73. The molecule has 1 heterocycles. The van der Waals surface area contributed by atoms with E-state index in [1.165, 1.54) is 25.7 Å². The Morgan fingerprint density at radius 2 is 2.12 bits per heavy atom. The summed E-state index contributed by atoms with van der Waals surface area (Å²) in [6, 6.07) is 1.18. The van der Waals surface area contributed by atoms with E-state index in [2.05, 4.69) is 33.0 Å². The number of hydrogen-bond donors (Lipinski definition) is 1. The van der Waals surface area contributed by atoms with Crippen LogP contribution < -0.4 is 5.32 Å². The number of fused-ring (bicyclic) bond motifs is 1. The third kappa shape index (κ3) is 2.60. The van der Waals surface area contributed by atoms with Crippen molar-refractivity contribution >= 4 is 0 Å². The standard InChI is InChI=1S/C14H27NO/c1-10(2)8-11-9-16-13-12(15-11)6-5-7-14(13,3)4/h10-13,15H,5-9H2,1-4H3. The van der Waals surface area contributed by atoms with Crippen molar-refractivity contribution in [1.29, 1.82) is 0 Å². The third-order valence-corrected chi connectivity index (χ3v) is 4.15. The molecule has 0 radical (unpaired) electrons. The molecule has 0 aromatic heterocycles. The molecule has 94 valence electrons. The molecule has 1 aliphatic heterocycles. The van der Waals surface area contributed by atoms with Crippen LogP contribution in [0.3, 0.4) is 0 Å². The molecule has 0 aromatic carbocycles. The van der Waals surface area contributed by atoms with Gasteiger partial charge in [-0.15, -0.1) is 0 Å². The van der Waals surface area contributed by atoms with Gasteiger partial charge in [0.25, 0.3) is 0 Å². The van der Waals surface area contributed by atoms with E-state index < -0.39 is 0 Å². The molecule has 3 atom stereocenters. The highest BCUT2D eigenvalue weighted by Crippen LogP contribution is 2.39. The third-order valence-electron chi connectivity index (χ3n) is 4.15. The number of rotatable bonds is 2. The lowest BCUT2D eigenvalue weighted by molar-refractivity contribution is -0.110. The summed E-state index contributed by atoms with van der Waals surface area (Å²) in [6.45, 7) is 10.2. The van der Waals surface area contributed by atoms with Gasteiger partial charge in [0.05, 0.1) is 12.7 Å². The van der Waals surface area contributed by atoms with Gasteiger partial charge in [-0.1, -0.05) is 34.1 Å². The molecule has 2 heteroatoms. The maximum absolute atomic E-state index is 6.15. The number of nitrogens with one attached hydrogen (secondary N) is 1. The molecular weight excluding hydrogens is 198 g/mol. The quantitative estimate of drug-likeness (QED) is 0.780. The lowest BCUT2D eigenvalue weighted by atomic mass is 9.71. The van der Waals surface area contributed by atoms with E-state index in [0.29, 0.717) is 23.6 Å². The van der Waals surface area contributed by atoms with Crippen molar-refractivity contribution in [1.82, 2.24) is 5.32 Å². The fourth-order valence-electron chi connectivity index (χ4n) is 3.40. The van der Waals surface area contributed by atoms with Crippen LogP contribution in [0.1, 0.15) is 53.4 Å².